The van der Waals surface area contributed by atoms with Crippen LogP contribution in [0.15, 0.2) is 0 Å². The van der Waals surface area contributed by atoms with Gasteiger partial charge >= 0.3 is 0 Å². The maximum atomic E-state index is 11.7. The van der Waals surface area contributed by atoms with E-state index in [1.54, 1.807) is 6.92 Å². The first-order chi connectivity index (χ1) is 7.45. The summed E-state index contributed by atoms with van der Waals surface area (Å²) in [5.74, 6) is 0.0828. The van der Waals surface area contributed by atoms with Crippen LogP contribution in [0.1, 0.15) is 52.0 Å². The van der Waals surface area contributed by atoms with Gasteiger partial charge in [0.05, 0.1) is 6.61 Å². The molecule has 0 fully saturated rings. The van der Waals surface area contributed by atoms with Crippen molar-refractivity contribution >= 4 is 5.78 Å². The van der Waals surface area contributed by atoms with Crippen LogP contribution in [0, 0.1) is 20.8 Å². The normalized spacial score (nSPS) is 10.6. The van der Waals surface area contributed by atoms with Crippen molar-refractivity contribution in [3.8, 4) is 0 Å². The van der Waals surface area contributed by atoms with Crippen molar-refractivity contribution < 1.29 is 9.90 Å². The van der Waals surface area contributed by atoms with Gasteiger partial charge in [-0.3, -0.25) is 4.79 Å². The predicted octanol–water partition coefficient (Wildman–Crippen LogP) is 2.87. The number of hydrogen-bond acceptors (Lipinski definition) is 2. The summed E-state index contributed by atoms with van der Waals surface area (Å²) >= 11 is 0. The molecule has 88 valence electrons. The summed E-state index contributed by atoms with van der Waals surface area (Å²) in [6.45, 7) is 9.61. The molecule has 0 amide bonds. The van der Waals surface area contributed by atoms with Crippen molar-refractivity contribution in [1.29, 1.82) is 0 Å². The fourth-order valence-electron chi connectivity index (χ4n) is 2.62. The quantitative estimate of drug-likeness (QED) is 0.795. The SMILES string of the molecule is CCc1c(C)c(CO)c(C)c(C(C)=O)c1C. The van der Waals surface area contributed by atoms with Crippen LogP contribution in [0.3, 0.4) is 0 Å². The molecule has 1 aromatic carbocycles. The zero-order chi connectivity index (χ0) is 12.5. The molecule has 1 N–H and O–H groups in total. The van der Waals surface area contributed by atoms with E-state index in [-0.39, 0.29) is 12.4 Å². The molecule has 0 bridgehead atoms. The van der Waals surface area contributed by atoms with Crippen LogP contribution in [-0.4, -0.2) is 10.9 Å². The van der Waals surface area contributed by atoms with Crippen molar-refractivity contribution in [3.05, 3.63) is 33.4 Å². The van der Waals surface area contributed by atoms with Crippen LogP contribution in [0.5, 0.6) is 0 Å². The minimum Gasteiger partial charge on any atom is -0.392 e. The number of ketones is 1. The number of aliphatic hydroxyl groups excluding tert-OH is 1. The van der Waals surface area contributed by atoms with Gasteiger partial charge in [0.25, 0.3) is 0 Å². The van der Waals surface area contributed by atoms with E-state index in [4.69, 9.17) is 0 Å². The molecule has 2 nitrogen and oxygen atoms in total. The molecule has 0 saturated heterocycles. The number of benzene rings is 1. The molecule has 0 radical (unpaired) electrons. The van der Waals surface area contributed by atoms with Crippen molar-refractivity contribution in [1.82, 2.24) is 0 Å². The Balaban J connectivity index is 3.70. The number of carbonyl (C=O) groups is 1. The lowest BCUT2D eigenvalue weighted by Crippen LogP contribution is -2.10. The molecule has 0 saturated carbocycles. The second-order valence-corrected chi connectivity index (χ2v) is 4.27. The Kier molecular flexibility index (Phi) is 3.87. The smallest absolute Gasteiger partial charge is 0.160 e. The number of Topliss-reactive ketones (excluding diaryl/α,β-unsaturated/α-hetero) is 1. The highest BCUT2D eigenvalue weighted by Crippen LogP contribution is 2.28. The monoisotopic (exact) mass is 220 g/mol. The topological polar surface area (TPSA) is 37.3 Å². The summed E-state index contributed by atoms with van der Waals surface area (Å²) in [5.41, 5.74) is 6.02. The zero-order valence-electron chi connectivity index (χ0n) is 10.8. The summed E-state index contributed by atoms with van der Waals surface area (Å²) in [6.07, 6.45) is 0.894. The van der Waals surface area contributed by atoms with Gasteiger partial charge in [0, 0.05) is 5.56 Å². The van der Waals surface area contributed by atoms with E-state index in [1.807, 2.05) is 20.8 Å². The van der Waals surface area contributed by atoms with E-state index in [0.717, 1.165) is 34.2 Å². The fourth-order valence-corrected chi connectivity index (χ4v) is 2.62. The Morgan fingerprint density at radius 3 is 1.94 bits per heavy atom. The third-order valence-electron chi connectivity index (χ3n) is 3.42. The molecule has 1 rings (SSSR count). The fraction of sp³-hybridized carbons (Fsp3) is 0.500. The highest BCUT2D eigenvalue weighted by Gasteiger charge is 2.17. The van der Waals surface area contributed by atoms with E-state index in [9.17, 15) is 9.90 Å². The average Bonchev–Trinajstić information content (AvgIpc) is 2.18. The summed E-state index contributed by atoms with van der Waals surface area (Å²) in [7, 11) is 0. The molecule has 0 unspecified atom stereocenters. The van der Waals surface area contributed by atoms with Crippen LogP contribution in [0.4, 0.5) is 0 Å². The first-order valence-corrected chi connectivity index (χ1v) is 5.68. The van der Waals surface area contributed by atoms with Gasteiger partial charge in [-0.15, -0.1) is 0 Å². The standard InChI is InChI=1S/C14H20O2/c1-6-12-8(2)13(7-15)10(4)14(9(12)3)11(5)16/h15H,6-7H2,1-5H3. The van der Waals surface area contributed by atoms with E-state index < -0.39 is 0 Å². The first kappa shape index (κ1) is 12.9. The van der Waals surface area contributed by atoms with Crippen molar-refractivity contribution in [3.63, 3.8) is 0 Å². The van der Waals surface area contributed by atoms with Gasteiger partial charge in [-0.2, -0.15) is 0 Å². The second-order valence-electron chi connectivity index (χ2n) is 4.27. The van der Waals surface area contributed by atoms with Crippen LogP contribution in [0.25, 0.3) is 0 Å². The number of rotatable bonds is 3. The van der Waals surface area contributed by atoms with Crippen LogP contribution in [0.2, 0.25) is 0 Å². The highest BCUT2D eigenvalue weighted by molar-refractivity contribution is 5.97. The van der Waals surface area contributed by atoms with Crippen LogP contribution in [-0.2, 0) is 13.0 Å². The maximum absolute atomic E-state index is 11.7. The summed E-state index contributed by atoms with van der Waals surface area (Å²) in [6, 6.07) is 0. The summed E-state index contributed by atoms with van der Waals surface area (Å²) in [4.78, 5) is 11.7. The number of carbonyl (C=O) groups excluding carboxylic acids is 1. The zero-order valence-corrected chi connectivity index (χ0v) is 10.8. The lowest BCUT2D eigenvalue weighted by Gasteiger charge is -2.19. The first-order valence-electron chi connectivity index (χ1n) is 5.68. The molecule has 0 heterocycles. The summed E-state index contributed by atoms with van der Waals surface area (Å²) in [5, 5.41) is 9.41. The van der Waals surface area contributed by atoms with Crippen LogP contribution >= 0.6 is 0 Å². The highest BCUT2D eigenvalue weighted by atomic mass is 16.3. The van der Waals surface area contributed by atoms with Gasteiger partial charge in [-0.25, -0.2) is 0 Å². The Bertz CT molecular complexity index is 400. The predicted molar refractivity (Wildman–Crippen MR) is 66.0 cm³/mol. The molecular formula is C14H20O2. The van der Waals surface area contributed by atoms with E-state index in [2.05, 4.69) is 6.92 Å². The van der Waals surface area contributed by atoms with Gasteiger partial charge in [0.1, 0.15) is 0 Å². The van der Waals surface area contributed by atoms with E-state index in [1.165, 1.54) is 5.56 Å². The molecule has 2 heteroatoms. The molecule has 0 aliphatic heterocycles. The van der Waals surface area contributed by atoms with Crippen molar-refractivity contribution in [2.75, 3.05) is 0 Å². The van der Waals surface area contributed by atoms with E-state index in [0.29, 0.717) is 0 Å². The maximum Gasteiger partial charge on any atom is 0.160 e. The second kappa shape index (κ2) is 4.79. The molecule has 0 aromatic heterocycles. The molecule has 0 atom stereocenters. The van der Waals surface area contributed by atoms with Crippen molar-refractivity contribution in [2.45, 2.75) is 47.6 Å². The Morgan fingerprint density at radius 1 is 1.06 bits per heavy atom. The lowest BCUT2D eigenvalue weighted by atomic mass is 9.86. The third-order valence-corrected chi connectivity index (χ3v) is 3.42. The molecular weight excluding hydrogens is 200 g/mol. The number of aliphatic hydroxyl groups is 1. The molecule has 0 aliphatic rings. The van der Waals surface area contributed by atoms with Gasteiger partial charge < -0.3 is 5.11 Å². The van der Waals surface area contributed by atoms with Gasteiger partial charge in [0.15, 0.2) is 5.78 Å². The number of hydrogen-bond donors (Lipinski definition) is 1. The Labute approximate surface area is 97.3 Å². The Morgan fingerprint density at radius 2 is 1.56 bits per heavy atom. The van der Waals surface area contributed by atoms with E-state index >= 15 is 0 Å². The van der Waals surface area contributed by atoms with Gasteiger partial charge in [-0.1, -0.05) is 6.92 Å². The summed E-state index contributed by atoms with van der Waals surface area (Å²) < 4.78 is 0. The van der Waals surface area contributed by atoms with Crippen LogP contribution < -0.4 is 0 Å². The minimum atomic E-state index is 0.00519. The molecule has 0 spiro atoms. The average molecular weight is 220 g/mol. The molecule has 0 aliphatic carbocycles. The lowest BCUT2D eigenvalue weighted by molar-refractivity contribution is 0.101. The molecule has 1 aromatic rings. The minimum absolute atomic E-state index is 0.00519. The van der Waals surface area contributed by atoms with Crippen molar-refractivity contribution in [2.24, 2.45) is 0 Å². The van der Waals surface area contributed by atoms with Gasteiger partial charge in [-0.05, 0) is 61.9 Å². The van der Waals surface area contributed by atoms with Gasteiger partial charge in [0.2, 0.25) is 0 Å². The third kappa shape index (κ3) is 1.90. The Hall–Kier alpha value is -1.15. The largest absolute Gasteiger partial charge is 0.392 e. The molecule has 16 heavy (non-hydrogen) atoms.